The molecule has 7 aromatic rings. The van der Waals surface area contributed by atoms with Gasteiger partial charge in [-0.05, 0) is 48.6 Å². The van der Waals surface area contributed by atoms with Gasteiger partial charge in [0, 0.05) is 33.2 Å². The fraction of sp³-hybridized carbons (Fsp3) is 0.306. The first-order chi connectivity index (χ1) is 19.8. The van der Waals surface area contributed by atoms with Crippen LogP contribution in [0.4, 0.5) is 0 Å². The lowest BCUT2D eigenvalue weighted by atomic mass is 9.92. The zero-order chi connectivity index (χ0) is 29.9. The van der Waals surface area contributed by atoms with Crippen LogP contribution in [0.2, 0.25) is 0 Å². The number of hydrogen-bond donors (Lipinski definition) is 0. The van der Waals surface area contributed by atoms with Crippen LogP contribution in [0.1, 0.15) is 69.9 Å². The molecule has 0 bridgehead atoms. The Hall–Kier alpha value is -4.63. The molecule has 3 aromatic carbocycles. The summed E-state index contributed by atoms with van der Waals surface area (Å²) in [6.45, 7) is 17.1. The SMILES string of the molecule is Cc1c(C#N)c2c3ccccc3n3c4cc(-c5nc(C(C)(C)C)nc(C(C)(C)C)n5)cc5cc[n+](C)c(c(c1C)c23)c54. The minimum Gasteiger partial charge on any atom is -0.307 e. The molecule has 6 heteroatoms. The van der Waals surface area contributed by atoms with Gasteiger partial charge in [-0.2, -0.15) is 5.26 Å². The molecule has 0 N–H and O–H groups in total. The molecule has 0 amide bonds. The predicted molar refractivity (Wildman–Crippen MR) is 170 cm³/mol. The van der Waals surface area contributed by atoms with Crippen LogP contribution in [0, 0.1) is 25.2 Å². The van der Waals surface area contributed by atoms with Gasteiger partial charge >= 0.3 is 0 Å². The summed E-state index contributed by atoms with van der Waals surface area (Å²) in [4.78, 5) is 15.0. The third kappa shape index (κ3) is 3.49. The van der Waals surface area contributed by atoms with Crippen LogP contribution in [0.5, 0.6) is 0 Å². The van der Waals surface area contributed by atoms with Crippen LogP contribution in [0.15, 0.2) is 48.7 Å². The van der Waals surface area contributed by atoms with E-state index in [4.69, 9.17) is 15.0 Å². The molecule has 0 fully saturated rings. The highest BCUT2D eigenvalue weighted by Crippen LogP contribution is 2.44. The van der Waals surface area contributed by atoms with Gasteiger partial charge in [0.1, 0.15) is 24.8 Å². The van der Waals surface area contributed by atoms with Gasteiger partial charge in [-0.3, -0.25) is 0 Å². The van der Waals surface area contributed by atoms with Crippen molar-refractivity contribution in [1.29, 1.82) is 5.26 Å². The Balaban J connectivity index is 1.74. The maximum atomic E-state index is 10.4. The van der Waals surface area contributed by atoms with E-state index < -0.39 is 0 Å². The van der Waals surface area contributed by atoms with E-state index in [1.807, 2.05) is 0 Å². The summed E-state index contributed by atoms with van der Waals surface area (Å²) in [5, 5.41) is 16.0. The first-order valence-corrected chi connectivity index (χ1v) is 14.5. The number of para-hydroxylation sites is 1. The van der Waals surface area contributed by atoms with Gasteiger partial charge in [0.25, 0.3) is 0 Å². The number of hydrogen-bond acceptors (Lipinski definition) is 4. The summed E-state index contributed by atoms with van der Waals surface area (Å²) < 4.78 is 4.58. The number of nitriles is 1. The Morgan fingerprint density at radius 2 is 1.45 bits per heavy atom. The fourth-order valence-electron chi connectivity index (χ4n) is 6.41. The minimum atomic E-state index is -0.228. The molecule has 0 radical (unpaired) electrons. The third-order valence-corrected chi connectivity index (χ3v) is 8.71. The first kappa shape index (κ1) is 26.3. The fourth-order valence-corrected chi connectivity index (χ4v) is 6.41. The predicted octanol–water partition coefficient (Wildman–Crippen LogP) is 7.75. The Labute approximate surface area is 245 Å². The van der Waals surface area contributed by atoms with Gasteiger partial charge in [0.2, 0.25) is 5.52 Å². The van der Waals surface area contributed by atoms with Crippen molar-refractivity contribution in [3.63, 3.8) is 0 Å². The summed E-state index contributed by atoms with van der Waals surface area (Å²) in [5.74, 6) is 2.26. The molecule has 4 aromatic heterocycles. The second-order valence-electron chi connectivity index (χ2n) is 13.7. The summed E-state index contributed by atoms with van der Waals surface area (Å²) in [6, 6.07) is 17.6. The molecule has 0 saturated heterocycles. The van der Waals surface area contributed by atoms with Crippen LogP contribution in [-0.4, -0.2) is 19.4 Å². The molecular weight excluding hydrogens is 516 g/mol. The molecule has 6 nitrogen and oxygen atoms in total. The average Bonchev–Trinajstić information content (AvgIpc) is 3.28. The molecule has 42 heavy (non-hydrogen) atoms. The number of benzene rings is 3. The largest absolute Gasteiger partial charge is 0.307 e. The van der Waals surface area contributed by atoms with Crippen LogP contribution >= 0.6 is 0 Å². The summed E-state index contributed by atoms with van der Waals surface area (Å²) in [5.41, 5.74) is 7.85. The lowest BCUT2D eigenvalue weighted by Gasteiger charge is -2.23. The van der Waals surface area contributed by atoms with Crippen molar-refractivity contribution in [3.05, 3.63) is 77.0 Å². The molecule has 0 aliphatic heterocycles. The summed E-state index contributed by atoms with van der Waals surface area (Å²) in [6.07, 6.45) is 2.14. The van der Waals surface area contributed by atoms with E-state index in [2.05, 4.69) is 126 Å². The highest BCUT2D eigenvalue weighted by Gasteiger charge is 2.29. The molecule has 7 rings (SSSR count). The van der Waals surface area contributed by atoms with Crippen molar-refractivity contribution < 1.29 is 4.57 Å². The smallest absolute Gasteiger partial charge is 0.224 e. The van der Waals surface area contributed by atoms with Crippen LogP contribution in [-0.2, 0) is 17.9 Å². The van der Waals surface area contributed by atoms with Crippen molar-refractivity contribution in [2.75, 3.05) is 0 Å². The van der Waals surface area contributed by atoms with Crippen LogP contribution < -0.4 is 4.57 Å². The Bertz CT molecular complexity index is 2270. The molecule has 0 saturated carbocycles. The minimum absolute atomic E-state index is 0.228. The number of aromatic nitrogens is 5. The zero-order valence-corrected chi connectivity index (χ0v) is 25.8. The van der Waals surface area contributed by atoms with Gasteiger partial charge in [-0.15, -0.1) is 0 Å². The molecule has 0 atom stereocenters. The van der Waals surface area contributed by atoms with Gasteiger partial charge < -0.3 is 4.40 Å². The Morgan fingerprint density at radius 3 is 2.10 bits per heavy atom. The van der Waals surface area contributed by atoms with E-state index in [0.29, 0.717) is 5.82 Å². The van der Waals surface area contributed by atoms with Crippen molar-refractivity contribution in [1.82, 2.24) is 19.4 Å². The average molecular weight is 552 g/mol. The van der Waals surface area contributed by atoms with Crippen molar-refractivity contribution in [2.24, 2.45) is 7.05 Å². The molecule has 4 heterocycles. The van der Waals surface area contributed by atoms with Crippen molar-refractivity contribution in [2.45, 2.75) is 66.2 Å². The van der Waals surface area contributed by atoms with Crippen molar-refractivity contribution in [3.8, 4) is 17.5 Å². The highest BCUT2D eigenvalue weighted by molar-refractivity contribution is 6.27. The number of aryl methyl sites for hydroxylation is 2. The van der Waals surface area contributed by atoms with E-state index in [1.54, 1.807) is 0 Å². The molecule has 208 valence electrons. The van der Waals surface area contributed by atoms with E-state index in [9.17, 15) is 5.26 Å². The van der Waals surface area contributed by atoms with E-state index in [1.165, 1.54) is 16.3 Å². The van der Waals surface area contributed by atoms with Crippen LogP contribution in [0.25, 0.3) is 60.4 Å². The second kappa shape index (κ2) is 8.45. The number of rotatable bonds is 1. The quantitative estimate of drug-likeness (QED) is 0.119. The highest BCUT2D eigenvalue weighted by atomic mass is 15.1. The molecule has 0 aliphatic rings. The maximum absolute atomic E-state index is 10.4. The van der Waals surface area contributed by atoms with Gasteiger partial charge in [0.05, 0.1) is 32.9 Å². The monoisotopic (exact) mass is 551 g/mol. The summed E-state index contributed by atoms with van der Waals surface area (Å²) >= 11 is 0. The molecule has 0 unspecified atom stereocenters. The standard InChI is InChI=1S/C36H35N6/c1-19-20(2)27-30-28-21(14-15-41(30)9)16-22(32-38-33(35(3,4)5)40-34(39-32)36(6,7)8)17-26(28)42-25-13-11-10-12-23(25)29(31(27)42)24(19)18-37/h10-17H,1-9H3/q+1. The molecule has 0 aliphatic carbocycles. The molecular formula is C36H35N6+. The van der Waals surface area contributed by atoms with E-state index in [0.717, 1.165) is 66.6 Å². The number of fused-ring (bicyclic) bond motifs is 5. The Kier molecular flexibility index (Phi) is 5.29. The van der Waals surface area contributed by atoms with Gasteiger partial charge in [-0.25, -0.2) is 19.5 Å². The molecule has 0 spiro atoms. The normalized spacial score (nSPS) is 12.9. The second-order valence-corrected chi connectivity index (χ2v) is 13.7. The number of pyridine rings is 2. The maximum Gasteiger partial charge on any atom is 0.224 e. The van der Waals surface area contributed by atoms with Crippen molar-refractivity contribution >= 4 is 49.0 Å². The lowest BCUT2D eigenvalue weighted by Crippen LogP contribution is -2.29. The first-order valence-electron chi connectivity index (χ1n) is 14.5. The Morgan fingerprint density at radius 1 is 0.786 bits per heavy atom. The van der Waals surface area contributed by atoms with E-state index in [-0.39, 0.29) is 10.8 Å². The zero-order valence-electron chi connectivity index (χ0n) is 25.8. The third-order valence-electron chi connectivity index (χ3n) is 8.71. The topological polar surface area (TPSA) is 70.8 Å². The van der Waals surface area contributed by atoms with E-state index >= 15 is 0 Å². The number of nitrogens with zero attached hydrogens (tertiary/aromatic N) is 6. The lowest BCUT2D eigenvalue weighted by molar-refractivity contribution is -0.643. The van der Waals surface area contributed by atoms with Gasteiger partial charge in [0.15, 0.2) is 12.0 Å². The van der Waals surface area contributed by atoms with Gasteiger partial charge in [-0.1, -0.05) is 59.7 Å². The summed E-state index contributed by atoms with van der Waals surface area (Å²) in [7, 11) is 2.11. The van der Waals surface area contributed by atoms with Crippen LogP contribution in [0.3, 0.4) is 0 Å².